The Hall–Kier alpha value is -2.38. The summed E-state index contributed by atoms with van der Waals surface area (Å²) in [6, 6.07) is 4.39. The number of rotatable bonds is 4. The summed E-state index contributed by atoms with van der Waals surface area (Å²) in [5.41, 5.74) is 6.17. The second kappa shape index (κ2) is 10.2. The van der Waals surface area contributed by atoms with E-state index in [1.165, 1.54) is 5.56 Å². The third-order valence-corrected chi connectivity index (χ3v) is 8.58. The SMILES string of the molecule is Cc1cc(C2CCN(C(=O)Cn3nc(C(=O)N4C[C@@H](C)O[C@@H](C)C4)c4c3CCC4)CC2)cc(C)c1Cl. The fraction of sp³-hybridized carbons (Fsp3) is 0.607. The Morgan fingerprint density at radius 1 is 1.03 bits per heavy atom. The van der Waals surface area contributed by atoms with Crippen LogP contribution in [0, 0.1) is 13.8 Å². The van der Waals surface area contributed by atoms with Crippen LogP contribution in [-0.4, -0.2) is 69.8 Å². The zero-order valence-electron chi connectivity index (χ0n) is 21.8. The summed E-state index contributed by atoms with van der Waals surface area (Å²) in [7, 11) is 0. The van der Waals surface area contributed by atoms with Crippen LogP contribution in [0.4, 0.5) is 0 Å². The van der Waals surface area contributed by atoms with Crippen molar-refractivity contribution < 1.29 is 14.3 Å². The van der Waals surface area contributed by atoms with Crippen LogP contribution in [0.2, 0.25) is 5.02 Å². The number of halogens is 1. The van der Waals surface area contributed by atoms with Crippen LogP contribution >= 0.6 is 11.6 Å². The third kappa shape index (κ3) is 4.92. The van der Waals surface area contributed by atoms with Gasteiger partial charge in [0.05, 0.1) is 12.2 Å². The molecule has 36 heavy (non-hydrogen) atoms. The van der Waals surface area contributed by atoms with Crippen molar-refractivity contribution in [3.63, 3.8) is 0 Å². The number of morpholine rings is 1. The largest absolute Gasteiger partial charge is 0.372 e. The molecule has 0 N–H and O–H groups in total. The van der Waals surface area contributed by atoms with Crippen LogP contribution in [0.3, 0.4) is 0 Å². The van der Waals surface area contributed by atoms with Gasteiger partial charge in [0.15, 0.2) is 5.69 Å². The van der Waals surface area contributed by atoms with Crippen LogP contribution in [0.25, 0.3) is 0 Å². The van der Waals surface area contributed by atoms with E-state index in [1.54, 1.807) is 0 Å². The molecule has 2 aromatic rings. The molecule has 8 heteroatoms. The molecule has 7 nitrogen and oxygen atoms in total. The molecule has 1 aliphatic carbocycles. The molecule has 194 valence electrons. The van der Waals surface area contributed by atoms with Crippen molar-refractivity contribution in [1.29, 1.82) is 0 Å². The van der Waals surface area contributed by atoms with Gasteiger partial charge in [0.2, 0.25) is 5.91 Å². The minimum Gasteiger partial charge on any atom is -0.372 e. The van der Waals surface area contributed by atoms with Crippen molar-refractivity contribution in [2.24, 2.45) is 0 Å². The maximum Gasteiger partial charge on any atom is 0.274 e. The highest BCUT2D eigenvalue weighted by Crippen LogP contribution is 2.33. The summed E-state index contributed by atoms with van der Waals surface area (Å²) >= 11 is 6.36. The molecule has 2 fully saturated rings. The molecule has 5 rings (SSSR count). The highest BCUT2D eigenvalue weighted by atomic mass is 35.5. The maximum absolute atomic E-state index is 13.4. The lowest BCUT2D eigenvalue weighted by Crippen LogP contribution is -2.48. The van der Waals surface area contributed by atoms with Crippen LogP contribution in [0.1, 0.15) is 77.5 Å². The van der Waals surface area contributed by atoms with Gasteiger partial charge in [-0.3, -0.25) is 14.3 Å². The van der Waals surface area contributed by atoms with Gasteiger partial charge in [-0.15, -0.1) is 0 Å². The summed E-state index contributed by atoms with van der Waals surface area (Å²) in [6.45, 7) is 10.9. The predicted molar refractivity (Wildman–Crippen MR) is 140 cm³/mol. The number of aromatic nitrogens is 2. The number of carbonyl (C=O) groups excluding carboxylic acids is 2. The van der Waals surface area contributed by atoms with Crippen LogP contribution in [0.5, 0.6) is 0 Å². The molecule has 1 aromatic carbocycles. The average Bonchev–Trinajstić information content (AvgIpc) is 3.45. The lowest BCUT2D eigenvalue weighted by molar-refractivity contribution is -0.133. The summed E-state index contributed by atoms with van der Waals surface area (Å²) in [6.07, 6.45) is 4.64. The van der Waals surface area contributed by atoms with Crippen LogP contribution in [-0.2, 0) is 28.9 Å². The number of carbonyl (C=O) groups is 2. The lowest BCUT2D eigenvalue weighted by Gasteiger charge is -2.35. The number of hydrogen-bond acceptors (Lipinski definition) is 4. The van der Waals surface area contributed by atoms with Gasteiger partial charge in [0.1, 0.15) is 6.54 Å². The summed E-state index contributed by atoms with van der Waals surface area (Å²) in [5, 5.41) is 5.55. The standard InChI is InChI=1S/C28H37ClN4O3/c1-17-12-22(13-18(2)26(17)29)21-8-10-31(11-9-21)25(34)16-33-24-7-5-6-23(24)27(30-33)28(35)32-14-19(3)36-20(4)15-32/h12-13,19-21H,5-11,14-16H2,1-4H3/t19-,20+. The summed E-state index contributed by atoms with van der Waals surface area (Å²) in [4.78, 5) is 30.5. The van der Waals surface area contributed by atoms with E-state index in [-0.39, 0.29) is 30.6 Å². The van der Waals surface area contributed by atoms with Crippen molar-refractivity contribution in [1.82, 2.24) is 19.6 Å². The number of likely N-dealkylation sites (tertiary alicyclic amines) is 1. The van der Waals surface area contributed by atoms with Crippen molar-refractivity contribution in [2.75, 3.05) is 26.2 Å². The van der Waals surface area contributed by atoms with Gasteiger partial charge in [0.25, 0.3) is 5.91 Å². The molecule has 2 atom stereocenters. The molecule has 0 saturated carbocycles. The fourth-order valence-electron chi connectivity index (χ4n) is 6.21. The average molecular weight is 513 g/mol. The van der Waals surface area contributed by atoms with Crippen molar-refractivity contribution >= 4 is 23.4 Å². The number of hydrogen-bond donors (Lipinski definition) is 0. The molecule has 3 heterocycles. The van der Waals surface area contributed by atoms with Gasteiger partial charge >= 0.3 is 0 Å². The molecule has 3 aliphatic rings. The summed E-state index contributed by atoms with van der Waals surface area (Å²) < 4.78 is 7.61. The van der Waals surface area contributed by atoms with Crippen molar-refractivity contribution in [2.45, 2.75) is 84.5 Å². The van der Waals surface area contributed by atoms with E-state index in [4.69, 9.17) is 21.4 Å². The zero-order valence-corrected chi connectivity index (χ0v) is 22.6. The van der Waals surface area contributed by atoms with E-state index in [2.05, 4.69) is 26.0 Å². The zero-order chi connectivity index (χ0) is 25.6. The number of fused-ring (bicyclic) bond motifs is 1. The fourth-order valence-corrected chi connectivity index (χ4v) is 6.32. The van der Waals surface area contributed by atoms with Gasteiger partial charge in [0, 0.05) is 42.5 Å². The predicted octanol–water partition coefficient (Wildman–Crippen LogP) is 4.30. The molecule has 0 spiro atoms. The molecule has 0 bridgehead atoms. The number of ether oxygens (including phenoxy) is 1. The second-order valence-corrected chi connectivity index (χ2v) is 11.3. The van der Waals surface area contributed by atoms with E-state index < -0.39 is 0 Å². The van der Waals surface area contributed by atoms with Gasteiger partial charge in [-0.1, -0.05) is 23.7 Å². The molecule has 1 aromatic heterocycles. The first-order valence-corrected chi connectivity index (χ1v) is 13.7. The Balaban J connectivity index is 1.25. The van der Waals surface area contributed by atoms with E-state index in [0.717, 1.165) is 72.6 Å². The Kier molecular flexibility index (Phi) is 7.14. The van der Waals surface area contributed by atoms with E-state index in [1.807, 2.05) is 28.3 Å². The van der Waals surface area contributed by atoms with Gasteiger partial charge in [-0.05, 0) is 82.4 Å². The highest BCUT2D eigenvalue weighted by Gasteiger charge is 2.33. The number of benzene rings is 1. The van der Waals surface area contributed by atoms with Crippen LogP contribution < -0.4 is 0 Å². The van der Waals surface area contributed by atoms with E-state index in [9.17, 15) is 9.59 Å². The molecular weight excluding hydrogens is 476 g/mol. The van der Waals surface area contributed by atoms with Crippen molar-refractivity contribution in [3.05, 3.63) is 50.8 Å². The smallest absolute Gasteiger partial charge is 0.274 e. The monoisotopic (exact) mass is 512 g/mol. The maximum atomic E-state index is 13.4. The van der Waals surface area contributed by atoms with Crippen LogP contribution in [0.15, 0.2) is 12.1 Å². The Labute approximate surface area is 218 Å². The molecule has 0 unspecified atom stereocenters. The molecular formula is C28H37ClN4O3. The Morgan fingerprint density at radius 2 is 1.67 bits per heavy atom. The summed E-state index contributed by atoms with van der Waals surface area (Å²) in [5.74, 6) is 0.498. The van der Waals surface area contributed by atoms with E-state index >= 15 is 0 Å². The molecule has 2 saturated heterocycles. The van der Waals surface area contributed by atoms with Crippen molar-refractivity contribution in [3.8, 4) is 0 Å². The number of nitrogens with zero attached hydrogens (tertiary/aromatic N) is 4. The lowest BCUT2D eigenvalue weighted by atomic mass is 9.87. The third-order valence-electron chi connectivity index (χ3n) is 7.98. The first-order valence-electron chi connectivity index (χ1n) is 13.3. The molecule has 2 amide bonds. The van der Waals surface area contributed by atoms with Gasteiger partial charge < -0.3 is 14.5 Å². The highest BCUT2D eigenvalue weighted by molar-refractivity contribution is 6.32. The first kappa shape index (κ1) is 25.3. The van der Waals surface area contributed by atoms with E-state index in [0.29, 0.717) is 24.7 Å². The number of piperidine rings is 1. The minimum absolute atomic E-state index is 0.0121. The Morgan fingerprint density at radius 3 is 2.31 bits per heavy atom. The normalized spacial score (nSPS) is 22.7. The molecule has 0 radical (unpaired) electrons. The van der Waals surface area contributed by atoms with Gasteiger partial charge in [-0.2, -0.15) is 5.10 Å². The topological polar surface area (TPSA) is 67.7 Å². The molecule has 2 aliphatic heterocycles. The Bertz CT molecular complexity index is 1130. The number of aryl methyl sites for hydroxylation is 2. The number of amides is 2. The second-order valence-electron chi connectivity index (χ2n) is 10.9. The minimum atomic E-state index is -0.0317. The van der Waals surface area contributed by atoms with Gasteiger partial charge in [-0.25, -0.2) is 0 Å². The first-order chi connectivity index (χ1) is 17.2. The quantitative estimate of drug-likeness (QED) is 0.612.